The average Bonchev–Trinajstić information content (AvgIpc) is 3.12. The molecular formula is C19H28N4O2. The number of hydrogen-bond acceptors (Lipinski definition) is 3. The van der Waals surface area contributed by atoms with E-state index >= 15 is 0 Å². The van der Waals surface area contributed by atoms with Crippen LogP contribution in [0.15, 0.2) is 42.7 Å². The van der Waals surface area contributed by atoms with Crippen LogP contribution >= 0.6 is 0 Å². The summed E-state index contributed by atoms with van der Waals surface area (Å²) < 4.78 is 1.77. The van der Waals surface area contributed by atoms with E-state index in [0.717, 1.165) is 11.3 Å². The van der Waals surface area contributed by atoms with Crippen molar-refractivity contribution in [3.63, 3.8) is 0 Å². The van der Waals surface area contributed by atoms with Crippen molar-refractivity contribution in [2.45, 2.75) is 40.3 Å². The summed E-state index contributed by atoms with van der Waals surface area (Å²) in [5, 5.41) is 20.2. The van der Waals surface area contributed by atoms with Crippen molar-refractivity contribution in [2.75, 3.05) is 6.54 Å². The van der Waals surface area contributed by atoms with Crippen molar-refractivity contribution in [3.05, 3.63) is 48.3 Å². The molecule has 3 N–H and O–H groups in total. The molecule has 6 nitrogen and oxygen atoms in total. The number of hydrogen-bond donors (Lipinski definition) is 3. The van der Waals surface area contributed by atoms with Gasteiger partial charge in [-0.25, -0.2) is 9.48 Å². The van der Waals surface area contributed by atoms with E-state index in [1.165, 1.54) is 0 Å². The first-order valence-corrected chi connectivity index (χ1v) is 8.59. The predicted molar refractivity (Wildman–Crippen MR) is 98.4 cm³/mol. The Morgan fingerprint density at radius 2 is 1.96 bits per heavy atom. The highest BCUT2D eigenvalue weighted by Crippen LogP contribution is 2.25. The van der Waals surface area contributed by atoms with Gasteiger partial charge in [0.25, 0.3) is 0 Å². The van der Waals surface area contributed by atoms with Gasteiger partial charge in [-0.1, -0.05) is 45.9 Å². The van der Waals surface area contributed by atoms with Crippen molar-refractivity contribution in [2.24, 2.45) is 11.3 Å². The smallest absolute Gasteiger partial charge is 0.315 e. The van der Waals surface area contributed by atoms with E-state index in [2.05, 4.69) is 15.7 Å². The molecule has 1 aromatic carbocycles. The number of nitrogens with one attached hydrogen (secondary N) is 2. The standard InChI is InChI=1S/C19H28N4O2/c1-14(2)17(24)19(3,4)13-21-18(25)20-12-15-8-5-6-9-16(15)23-11-7-10-22-23/h5-11,14,17,24H,12-13H2,1-4H3,(H2,20,21,25). The third-order valence-corrected chi connectivity index (χ3v) is 4.32. The fourth-order valence-corrected chi connectivity index (χ4v) is 2.85. The fraction of sp³-hybridized carbons (Fsp3) is 0.474. The van der Waals surface area contributed by atoms with Crippen molar-refractivity contribution in [1.82, 2.24) is 20.4 Å². The number of rotatable bonds is 7. The number of urea groups is 1. The lowest BCUT2D eigenvalue weighted by Gasteiger charge is -2.33. The zero-order chi connectivity index (χ0) is 18.4. The summed E-state index contributed by atoms with van der Waals surface area (Å²) >= 11 is 0. The Morgan fingerprint density at radius 3 is 2.60 bits per heavy atom. The highest BCUT2D eigenvalue weighted by molar-refractivity contribution is 5.74. The summed E-state index contributed by atoms with van der Waals surface area (Å²) in [6.45, 7) is 8.64. The highest BCUT2D eigenvalue weighted by atomic mass is 16.3. The summed E-state index contributed by atoms with van der Waals surface area (Å²) in [7, 11) is 0. The number of aliphatic hydroxyl groups is 1. The third kappa shape index (κ3) is 5.06. The van der Waals surface area contributed by atoms with E-state index in [4.69, 9.17) is 0 Å². The number of amides is 2. The van der Waals surface area contributed by atoms with Crippen LogP contribution < -0.4 is 10.6 Å². The van der Waals surface area contributed by atoms with Gasteiger partial charge < -0.3 is 15.7 Å². The third-order valence-electron chi connectivity index (χ3n) is 4.32. The van der Waals surface area contributed by atoms with Crippen LogP contribution in [0.3, 0.4) is 0 Å². The lowest BCUT2D eigenvalue weighted by molar-refractivity contribution is 0.0151. The summed E-state index contributed by atoms with van der Waals surface area (Å²) in [6.07, 6.45) is 3.11. The fourth-order valence-electron chi connectivity index (χ4n) is 2.85. The van der Waals surface area contributed by atoms with Crippen LogP contribution in [-0.4, -0.2) is 33.6 Å². The van der Waals surface area contributed by atoms with Gasteiger partial charge in [0.05, 0.1) is 11.8 Å². The van der Waals surface area contributed by atoms with E-state index in [9.17, 15) is 9.90 Å². The lowest BCUT2D eigenvalue weighted by Crippen LogP contribution is -2.46. The molecule has 136 valence electrons. The van der Waals surface area contributed by atoms with Crippen LogP contribution in [0.4, 0.5) is 4.79 Å². The molecule has 2 amide bonds. The minimum absolute atomic E-state index is 0.140. The van der Waals surface area contributed by atoms with Crippen LogP contribution in [0, 0.1) is 11.3 Å². The largest absolute Gasteiger partial charge is 0.392 e. The molecule has 0 saturated carbocycles. The van der Waals surface area contributed by atoms with Crippen LogP contribution in [-0.2, 0) is 6.54 Å². The molecule has 0 saturated heterocycles. The lowest BCUT2D eigenvalue weighted by atomic mass is 9.81. The summed E-state index contributed by atoms with van der Waals surface area (Å²) in [5.41, 5.74) is 1.52. The number of benzene rings is 1. The maximum atomic E-state index is 12.1. The minimum Gasteiger partial charge on any atom is -0.392 e. The van der Waals surface area contributed by atoms with Gasteiger partial charge in [-0.3, -0.25) is 0 Å². The maximum Gasteiger partial charge on any atom is 0.315 e. The second-order valence-electron chi connectivity index (χ2n) is 7.29. The zero-order valence-electron chi connectivity index (χ0n) is 15.4. The second kappa shape index (κ2) is 8.16. The monoisotopic (exact) mass is 344 g/mol. The normalized spacial score (nSPS) is 12.9. The molecule has 2 rings (SSSR count). The van der Waals surface area contributed by atoms with Gasteiger partial charge in [-0.15, -0.1) is 0 Å². The Morgan fingerprint density at radius 1 is 1.24 bits per heavy atom. The van der Waals surface area contributed by atoms with E-state index in [0.29, 0.717) is 13.1 Å². The number of aromatic nitrogens is 2. The van der Waals surface area contributed by atoms with Gasteiger partial charge >= 0.3 is 6.03 Å². The Labute approximate surface area is 149 Å². The molecule has 6 heteroatoms. The molecule has 2 aromatic rings. The average molecular weight is 344 g/mol. The number of aliphatic hydroxyl groups excluding tert-OH is 1. The first-order valence-electron chi connectivity index (χ1n) is 8.59. The van der Waals surface area contributed by atoms with E-state index in [1.807, 2.05) is 64.2 Å². The quantitative estimate of drug-likeness (QED) is 0.722. The van der Waals surface area contributed by atoms with Gasteiger partial charge in [0.15, 0.2) is 0 Å². The number of nitrogens with zero attached hydrogens (tertiary/aromatic N) is 2. The van der Waals surface area contributed by atoms with Gasteiger partial charge in [-0.2, -0.15) is 5.10 Å². The molecule has 1 aromatic heterocycles. The Kier molecular flexibility index (Phi) is 6.20. The minimum atomic E-state index is -0.478. The van der Waals surface area contributed by atoms with Gasteiger partial charge in [0.2, 0.25) is 0 Å². The molecule has 0 aliphatic carbocycles. The van der Waals surface area contributed by atoms with E-state index in [-0.39, 0.29) is 11.9 Å². The van der Waals surface area contributed by atoms with Crippen molar-refractivity contribution >= 4 is 6.03 Å². The van der Waals surface area contributed by atoms with E-state index < -0.39 is 11.5 Å². The molecule has 0 bridgehead atoms. The Hall–Kier alpha value is -2.34. The summed E-state index contributed by atoms with van der Waals surface area (Å²) in [6, 6.07) is 9.41. The molecule has 1 atom stereocenters. The molecule has 0 aliphatic rings. The zero-order valence-corrected chi connectivity index (χ0v) is 15.4. The predicted octanol–water partition coefficient (Wildman–Crippen LogP) is 2.71. The Balaban J connectivity index is 1.91. The molecule has 25 heavy (non-hydrogen) atoms. The summed E-state index contributed by atoms with van der Waals surface area (Å²) in [4.78, 5) is 12.1. The van der Waals surface area contributed by atoms with Crippen molar-refractivity contribution in [1.29, 1.82) is 0 Å². The van der Waals surface area contributed by atoms with Gasteiger partial charge in [0, 0.05) is 30.9 Å². The Bertz CT molecular complexity index is 680. The van der Waals surface area contributed by atoms with Crippen LogP contribution in [0.5, 0.6) is 0 Å². The first kappa shape index (κ1) is 19.0. The molecule has 1 heterocycles. The van der Waals surface area contributed by atoms with Crippen LogP contribution in [0.2, 0.25) is 0 Å². The molecule has 1 unspecified atom stereocenters. The first-order chi connectivity index (χ1) is 11.8. The molecule has 0 spiro atoms. The topological polar surface area (TPSA) is 79.2 Å². The van der Waals surface area contributed by atoms with E-state index in [1.54, 1.807) is 10.9 Å². The number of carbonyl (C=O) groups is 1. The number of carbonyl (C=O) groups excluding carboxylic acids is 1. The second-order valence-corrected chi connectivity index (χ2v) is 7.29. The molecule has 0 radical (unpaired) electrons. The maximum absolute atomic E-state index is 12.1. The number of para-hydroxylation sites is 1. The van der Waals surface area contributed by atoms with Crippen LogP contribution in [0.25, 0.3) is 5.69 Å². The molecular weight excluding hydrogens is 316 g/mol. The summed E-state index contributed by atoms with van der Waals surface area (Å²) in [5.74, 6) is 0.140. The van der Waals surface area contributed by atoms with Gasteiger partial charge in [-0.05, 0) is 23.6 Å². The molecule has 0 fully saturated rings. The highest BCUT2D eigenvalue weighted by Gasteiger charge is 2.30. The van der Waals surface area contributed by atoms with Crippen molar-refractivity contribution in [3.8, 4) is 5.69 Å². The SMILES string of the molecule is CC(C)C(O)C(C)(C)CNC(=O)NCc1ccccc1-n1cccn1. The van der Waals surface area contributed by atoms with Gasteiger partial charge in [0.1, 0.15) is 0 Å². The van der Waals surface area contributed by atoms with Crippen LogP contribution in [0.1, 0.15) is 33.3 Å². The van der Waals surface area contributed by atoms with Crippen molar-refractivity contribution < 1.29 is 9.90 Å². The molecule has 0 aliphatic heterocycles.